The van der Waals surface area contributed by atoms with E-state index in [-0.39, 0.29) is 10.8 Å². The fourth-order valence-corrected chi connectivity index (χ4v) is 3.82. The van der Waals surface area contributed by atoms with Crippen LogP contribution in [0.1, 0.15) is 39.2 Å². The van der Waals surface area contributed by atoms with E-state index in [4.69, 9.17) is 0 Å². The van der Waals surface area contributed by atoms with Crippen molar-refractivity contribution in [3.63, 3.8) is 0 Å². The molecule has 0 amide bonds. The van der Waals surface area contributed by atoms with Gasteiger partial charge in [-0.15, -0.1) is 0 Å². The third-order valence-electron chi connectivity index (χ3n) is 5.49. The molecule has 2 aliphatic carbocycles. The first-order chi connectivity index (χ1) is 8.47. The Balaban J connectivity index is 2.07. The lowest BCUT2D eigenvalue weighted by Gasteiger charge is -2.31. The van der Waals surface area contributed by atoms with Crippen molar-refractivity contribution in [3.8, 4) is 0 Å². The van der Waals surface area contributed by atoms with Gasteiger partial charge in [0, 0.05) is 5.41 Å². The molecule has 0 spiro atoms. The third-order valence-corrected chi connectivity index (χ3v) is 5.49. The predicted molar refractivity (Wildman–Crippen MR) is 74.0 cm³/mol. The summed E-state index contributed by atoms with van der Waals surface area (Å²) < 4.78 is 0. The molecule has 0 aromatic heterocycles. The van der Waals surface area contributed by atoms with Crippen LogP contribution in [0, 0.1) is 16.7 Å². The normalized spacial score (nSPS) is 35.4. The smallest absolute Gasteiger partial charge is 0.165 e. The van der Waals surface area contributed by atoms with Crippen molar-refractivity contribution >= 4 is 11.9 Å². The van der Waals surface area contributed by atoms with Gasteiger partial charge in [0.05, 0.1) is 0 Å². The molecule has 1 aromatic rings. The SMILES string of the molecule is CC1(C)C2CC[C@]1(C)C(=O)C2=Cc1ccccc1. The zero-order chi connectivity index (χ0) is 13.0. The number of rotatable bonds is 1. The van der Waals surface area contributed by atoms with Crippen LogP contribution < -0.4 is 0 Å². The maximum Gasteiger partial charge on any atom is 0.165 e. The van der Waals surface area contributed by atoms with Crippen LogP contribution in [0.5, 0.6) is 0 Å². The lowest BCUT2D eigenvalue weighted by molar-refractivity contribution is -0.125. The number of Topliss-reactive ketones (excluding diaryl/α,β-unsaturated/α-hetero) is 1. The summed E-state index contributed by atoms with van der Waals surface area (Å²) in [5, 5.41) is 0. The van der Waals surface area contributed by atoms with E-state index in [1.165, 1.54) is 0 Å². The van der Waals surface area contributed by atoms with Gasteiger partial charge in [0.15, 0.2) is 5.78 Å². The molecule has 2 atom stereocenters. The largest absolute Gasteiger partial charge is 0.294 e. The average molecular weight is 240 g/mol. The average Bonchev–Trinajstić information content (AvgIpc) is 2.65. The highest BCUT2D eigenvalue weighted by Gasteiger charge is 2.63. The zero-order valence-electron chi connectivity index (χ0n) is 11.4. The zero-order valence-corrected chi connectivity index (χ0v) is 11.4. The van der Waals surface area contributed by atoms with E-state index in [1.807, 2.05) is 18.2 Å². The number of allylic oxidation sites excluding steroid dienone is 1. The highest BCUT2D eigenvalue weighted by Crippen LogP contribution is 2.65. The molecule has 0 saturated heterocycles. The third kappa shape index (κ3) is 1.31. The highest BCUT2D eigenvalue weighted by atomic mass is 16.1. The number of carbonyl (C=O) groups is 1. The monoisotopic (exact) mass is 240 g/mol. The Morgan fingerprint density at radius 1 is 1.17 bits per heavy atom. The van der Waals surface area contributed by atoms with Gasteiger partial charge >= 0.3 is 0 Å². The molecule has 3 rings (SSSR count). The number of ketones is 1. The molecule has 0 radical (unpaired) electrons. The van der Waals surface area contributed by atoms with Crippen LogP contribution in [-0.2, 0) is 4.79 Å². The van der Waals surface area contributed by atoms with Crippen molar-refractivity contribution in [1.82, 2.24) is 0 Å². The van der Waals surface area contributed by atoms with Gasteiger partial charge in [-0.3, -0.25) is 4.79 Å². The molecule has 2 fully saturated rings. The molecule has 1 heteroatoms. The van der Waals surface area contributed by atoms with Crippen molar-refractivity contribution in [3.05, 3.63) is 41.5 Å². The van der Waals surface area contributed by atoms with E-state index >= 15 is 0 Å². The Bertz CT molecular complexity index is 524. The van der Waals surface area contributed by atoms with Crippen LogP contribution in [0.3, 0.4) is 0 Å². The number of hydrogen-bond donors (Lipinski definition) is 0. The molecular weight excluding hydrogens is 220 g/mol. The van der Waals surface area contributed by atoms with Crippen LogP contribution in [0.4, 0.5) is 0 Å². The fraction of sp³-hybridized carbons (Fsp3) is 0.471. The predicted octanol–water partition coefficient (Wildman–Crippen LogP) is 4.10. The van der Waals surface area contributed by atoms with Gasteiger partial charge in [0.2, 0.25) is 0 Å². The first kappa shape index (κ1) is 11.7. The number of hydrogen-bond acceptors (Lipinski definition) is 1. The molecule has 0 aliphatic heterocycles. The van der Waals surface area contributed by atoms with Gasteiger partial charge in [0.1, 0.15) is 0 Å². The Morgan fingerprint density at radius 3 is 2.39 bits per heavy atom. The van der Waals surface area contributed by atoms with Crippen LogP contribution >= 0.6 is 0 Å². The Kier molecular flexibility index (Phi) is 2.32. The van der Waals surface area contributed by atoms with Crippen molar-refractivity contribution in [2.75, 3.05) is 0 Å². The molecule has 0 heterocycles. The summed E-state index contributed by atoms with van der Waals surface area (Å²) in [4.78, 5) is 12.6. The van der Waals surface area contributed by atoms with E-state index in [0.717, 1.165) is 24.0 Å². The molecular formula is C17H20O. The summed E-state index contributed by atoms with van der Waals surface area (Å²) in [7, 11) is 0. The minimum absolute atomic E-state index is 0.116. The molecule has 18 heavy (non-hydrogen) atoms. The maximum absolute atomic E-state index is 12.6. The van der Waals surface area contributed by atoms with E-state index in [1.54, 1.807) is 0 Å². The van der Waals surface area contributed by atoms with Gasteiger partial charge in [0.25, 0.3) is 0 Å². The topological polar surface area (TPSA) is 17.1 Å². The van der Waals surface area contributed by atoms with Crippen LogP contribution in [0.2, 0.25) is 0 Å². The van der Waals surface area contributed by atoms with Gasteiger partial charge in [-0.25, -0.2) is 0 Å². The molecule has 1 unspecified atom stereocenters. The van der Waals surface area contributed by atoms with E-state index in [0.29, 0.717) is 11.7 Å². The number of benzene rings is 1. The number of fused-ring (bicyclic) bond motifs is 2. The minimum Gasteiger partial charge on any atom is -0.294 e. The van der Waals surface area contributed by atoms with Crippen molar-refractivity contribution < 1.29 is 4.79 Å². The van der Waals surface area contributed by atoms with Crippen LogP contribution in [0.25, 0.3) is 6.08 Å². The Hall–Kier alpha value is -1.37. The summed E-state index contributed by atoms with van der Waals surface area (Å²) in [6.07, 6.45) is 4.32. The van der Waals surface area contributed by atoms with Gasteiger partial charge in [-0.05, 0) is 41.4 Å². The molecule has 2 saturated carbocycles. The highest BCUT2D eigenvalue weighted by molar-refractivity contribution is 6.07. The van der Waals surface area contributed by atoms with Crippen molar-refractivity contribution in [2.24, 2.45) is 16.7 Å². The molecule has 2 bridgehead atoms. The van der Waals surface area contributed by atoms with Gasteiger partial charge in [-0.2, -0.15) is 0 Å². The molecule has 1 aromatic carbocycles. The van der Waals surface area contributed by atoms with Crippen molar-refractivity contribution in [2.45, 2.75) is 33.6 Å². The number of carbonyl (C=O) groups excluding carboxylic acids is 1. The van der Waals surface area contributed by atoms with Gasteiger partial charge in [-0.1, -0.05) is 51.1 Å². The van der Waals surface area contributed by atoms with E-state index in [2.05, 4.69) is 39.0 Å². The molecule has 0 N–H and O–H groups in total. The minimum atomic E-state index is -0.141. The van der Waals surface area contributed by atoms with Crippen LogP contribution in [0.15, 0.2) is 35.9 Å². The van der Waals surface area contributed by atoms with Crippen molar-refractivity contribution in [1.29, 1.82) is 0 Å². The van der Waals surface area contributed by atoms with E-state index in [9.17, 15) is 4.79 Å². The summed E-state index contributed by atoms with van der Waals surface area (Å²) in [6, 6.07) is 10.2. The second kappa shape index (κ2) is 3.57. The Labute approximate surface area is 109 Å². The van der Waals surface area contributed by atoms with Gasteiger partial charge < -0.3 is 0 Å². The molecule has 94 valence electrons. The lowest BCUT2D eigenvalue weighted by Crippen LogP contribution is -2.32. The maximum atomic E-state index is 12.6. The lowest BCUT2D eigenvalue weighted by atomic mass is 9.70. The molecule has 1 nitrogen and oxygen atoms in total. The Morgan fingerprint density at radius 2 is 1.83 bits per heavy atom. The summed E-state index contributed by atoms with van der Waals surface area (Å²) >= 11 is 0. The second-order valence-corrected chi connectivity index (χ2v) is 6.48. The molecule has 2 aliphatic rings. The summed E-state index contributed by atoms with van der Waals surface area (Å²) in [6.45, 7) is 6.67. The fourth-order valence-electron chi connectivity index (χ4n) is 3.82. The first-order valence-electron chi connectivity index (χ1n) is 6.78. The quantitative estimate of drug-likeness (QED) is 0.675. The second-order valence-electron chi connectivity index (χ2n) is 6.48. The summed E-state index contributed by atoms with van der Waals surface area (Å²) in [5.41, 5.74) is 2.18. The standard InChI is InChI=1S/C17H20O/c1-16(2)14-9-10-17(16,3)15(18)13(14)11-12-7-5-4-6-8-12/h4-8,11,14H,9-10H2,1-3H3/t14?,17-/m1/s1. The van der Waals surface area contributed by atoms with E-state index < -0.39 is 0 Å². The first-order valence-corrected chi connectivity index (χ1v) is 6.78. The summed E-state index contributed by atoms with van der Waals surface area (Å²) in [5.74, 6) is 0.822. The van der Waals surface area contributed by atoms with Crippen LogP contribution in [-0.4, -0.2) is 5.78 Å².